The van der Waals surface area contributed by atoms with Gasteiger partial charge < -0.3 is 5.11 Å². The Morgan fingerprint density at radius 3 is 2.68 bits per heavy atom. The standard InChI is InChI=1S/C12H14BrNO4S/c1-19(17,18)12(13,14)10-6-2-4-9(8-10)5-3-7-11(15)16/h2-4,6-8H,5,14H2,1H3,(H,15,16). The van der Waals surface area contributed by atoms with E-state index in [9.17, 15) is 13.2 Å². The third kappa shape index (κ3) is 4.15. The smallest absolute Gasteiger partial charge is 0.327 e. The minimum atomic E-state index is -3.52. The Kier molecular flexibility index (Phi) is 4.89. The van der Waals surface area contributed by atoms with Crippen molar-refractivity contribution in [2.75, 3.05) is 6.26 Å². The molecule has 1 aromatic rings. The number of alkyl halides is 1. The van der Waals surface area contributed by atoms with Crippen molar-refractivity contribution in [3.05, 3.63) is 47.5 Å². The molecule has 0 radical (unpaired) electrons. The van der Waals surface area contributed by atoms with Crippen LogP contribution in [0.2, 0.25) is 0 Å². The van der Waals surface area contributed by atoms with Gasteiger partial charge >= 0.3 is 5.97 Å². The summed E-state index contributed by atoms with van der Waals surface area (Å²) in [5.74, 6) is -1.03. The second-order valence-corrected chi connectivity index (χ2v) is 8.03. The third-order valence-corrected chi connectivity index (χ3v) is 6.01. The molecule has 0 saturated carbocycles. The molecular formula is C12H14BrNO4S. The summed E-state index contributed by atoms with van der Waals surface area (Å²) in [7, 11) is -3.52. The molecule has 7 heteroatoms. The first-order valence-electron chi connectivity index (χ1n) is 5.31. The molecule has 0 saturated heterocycles. The van der Waals surface area contributed by atoms with Crippen molar-refractivity contribution < 1.29 is 18.3 Å². The Morgan fingerprint density at radius 2 is 2.16 bits per heavy atom. The average molecular weight is 348 g/mol. The van der Waals surface area contributed by atoms with Crippen LogP contribution in [0.15, 0.2) is 36.4 Å². The third-order valence-electron chi connectivity index (χ3n) is 2.47. The number of hydrogen-bond acceptors (Lipinski definition) is 4. The number of sulfone groups is 1. The molecule has 104 valence electrons. The van der Waals surface area contributed by atoms with Gasteiger partial charge in [0.2, 0.25) is 0 Å². The zero-order valence-corrected chi connectivity index (χ0v) is 12.6. The quantitative estimate of drug-likeness (QED) is 0.476. The van der Waals surface area contributed by atoms with Crippen LogP contribution >= 0.6 is 15.9 Å². The van der Waals surface area contributed by atoms with E-state index in [0.29, 0.717) is 12.0 Å². The molecule has 0 amide bonds. The Labute approximate surface area is 120 Å². The first-order chi connectivity index (χ1) is 8.64. The van der Waals surface area contributed by atoms with Crippen LogP contribution in [0.3, 0.4) is 0 Å². The summed E-state index contributed by atoms with van der Waals surface area (Å²) in [6.07, 6.45) is 3.94. The first-order valence-corrected chi connectivity index (χ1v) is 7.99. The minimum absolute atomic E-state index is 0.382. The van der Waals surface area contributed by atoms with Crippen LogP contribution in [0.25, 0.3) is 0 Å². The second-order valence-electron chi connectivity index (χ2n) is 4.06. The van der Waals surface area contributed by atoms with Crippen LogP contribution in [0, 0.1) is 0 Å². The molecule has 0 aliphatic carbocycles. The van der Waals surface area contributed by atoms with Gasteiger partial charge in [-0.1, -0.05) is 30.3 Å². The van der Waals surface area contributed by atoms with Crippen molar-refractivity contribution in [1.82, 2.24) is 0 Å². The topological polar surface area (TPSA) is 97.5 Å². The molecule has 0 bridgehead atoms. The Hall–Kier alpha value is -1.18. The molecule has 0 fully saturated rings. The van der Waals surface area contributed by atoms with Crippen LogP contribution in [0.5, 0.6) is 0 Å². The zero-order chi connectivity index (χ0) is 14.7. The summed E-state index contributed by atoms with van der Waals surface area (Å²) in [5.41, 5.74) is 6.95. The minimum Gasteiger partial charge on any atom is -0.478 e. The summed E-state index contributed by atoms with van der Waals surface area (Å²) in [5, 5.41) is 8.49. The lowest BCUT2D eigenvalue weighted by Crippen LogP contribution is -2.37. The van der Waals surface area contributed by atoms with Gasteiger partial charge in [0.1, 0.15) is 0 Å². The van der Waals surface area contributed by atoms with Crippen LogP contribution in [0.1, 0.15) is 11.1 Å². The monoisotopic (exact) mass is 347 g/mol. The highest BCUT2D eigenvalue weighted by Crippen LogP contribution is 2.31. The van der Waals surface area contributed by atoms with Gasteiger partial charge in [-0.2, -0.15) is 0 Å². The van der Waals surface area contributed by atoms with E-state index < -0.39 is 19.6 Å². The largest absolute Gasteiger partial charge is 0.478 e. The summed E-state index contributed by atoms with van der Waals surface area (Å²) in [4.78, 5) is 10.4. The fraction of sp³-hybridized carbons (Fsp3) is 0.250. The van der Waals surface area contributed by atoms with Crippen LogP contribution in [-0.4, -0.2) is 25.7 Å². The number of rotatable bonds is 5. The summed E-state index contributed by atoms with van der Waals surface area (Å²) < 4.78 is 21.6. The van der Waals surface area contributed by atoms with Crippen molar-refractivity contribution in [3.63, 3.8) is 0 Å². The molecule has 1 rings (SSSR count). The molecule has 1 unspecified atom stereocenters. The Bertz CT molecular complexity index is 608. The molecular weight excluding hydrogens is 334 g/mol. The van der Waals surface area contributed by atoms with E-state index in [4.69, 9.17) is 10.8 Å². The number of benzene rings is 1. The lowest BCUT2D eigenvalue weighted by Gasteiger charge is -2.21. The molecule has 5 nitrogen and oxygen atoms in total. The maximum absolute atomic E-state index is 11.6. The fourth-order valence-corrected chi connectivity index (χ4v) is 2.22. The SMILES string of the molecule is CS(=O)(=O)C(N)(Br)c1cccc(CC=CC(=O)O)c1. The molecule has 0 spiro atoms. The molecule has 1 atom stereocenters. The Morgan fingerprint density at radius 1 is 1.53 bits per heavy atom. The van der Waals surface area contributed by atoms with E-state index in [2.05, 4.69) is 15.9 Å². The number of allylic oxidation sites excluding steroid dienone is 1. The molecule has 1 aromatic carbocycles. The van der Waals surface area contributed by atoms with E-state index in [1.165, 1.54) is 6.08 Å². The molecule has 0 aliphatic heterocycles. The number of carbonyl (C=O) groups is 1. The number of nitrogens with two attached hydrogens (primary N) is 1. The Balaban J connectivity index is 3.04. The van der Waals surface area contributed by atoms with E-state index in [1.807, 2.05) is 0 Å². The number of carboxylic acids is 1. The number of carboxylic acid groups (broad SMARTS) is 1. The van der Waals surface area contributed by atoms with E-state index in [0.717, 1.165) is 17.9 Å². The van der Waals surface area contributed by atoms with Crippen LogP contribution in [0.4, 0.5) is 0 Å². The van der Waals surface area contributed by atoms with E-state index in [-0.39, 0.29) is 0 Å². The zero-order valence-electron chi connectivity index (χ0n) is 10.2. The van der Waals surface area contributed by atoms with E-state index in [1.54, 1.807) is 24.3 Å². The number of hydrogen-bond donors (Lipinski definition) is 2. The van der Waals surface area contributed by atoms with Crippen molar-refractivity contribution >= 4 is 31.7 Å². The van der Waals surface area contributed by atoms with Crippen molar-refractivity contribution in [2.24, 2.45) is 5.73 Å². The van der Waals surface area contributed by atoms with Crippen LogP contribution < -0.4 is 5.73 Å². The van der Waals surface area contributed by atoms with Gasteiger partial charge in [0.25, 0.3) is 0 Å². The van der Waals surface area contributed by atoms with Gasteiger partial charge in [0.15, 0.2) is 13.6 Å². The predicted octanol–water partition coefficient (Wildman–Crippen LogP) is 1.38. The summed E-state index contributed by atoms with van der Waals surface area (Å²) in [6.45, 7) is 0. The van der Waals surface area contributed by atoms with Gasteiger partial charge in [-0.05, 0) is 33.5 Å². The highest BCUT2D eigenvalue weighted by molar-refractivity contribution is 9.11. The lowest BCUT2D eigenvalue weighted by atomic mass is 10.1. The first kappa shape index (κ1) is 15.9. The maximum Gasteiger partial charge on any atom is 0.327 e. The normalized spacial score (nSPS) is 15.3. The highest BCUT2D eigenvalue weighted by Gasteiger charge is 2.35. The number of aliphatic carboxylic acids is 1. The van der Waals surface area contributed by atoms with Crippen LogP contribution in [-0.2, 0) is 24.8 Å². The van der Waals surface area contributed by atoms with E-state index >= 15 is 0 Å². The molecule has 19 heavy (non-hydrogen) atoms. The maximum atomic E-state index is 11.6. The van der Waals surface area contributed by atoms with Gasteiger partial charge in [0.05, 0.1) is 0 Å². The van der Waals surface area contributed by atoms with Gasteiger partial charge in [-0.15, -0.1) is 0 Å². The van der Waals surface area contributed by atoms with Gasteiger partial charge in [0, 0.05) is 12.3 Å². The fourth-order valence-electron chi connectivity index (χ4n) is 1.42. The van der Waals surface area contributed by atoms with Gasteiger partial charge in [-0.25, -0.2) is 13.2 Å². The van der Waals surface area contributed by atoms with Gasteiger partial charge in [-0.3, -0.25) is 5.73 Å². The predicted molar refractivity (Wildman–Crippen MR) is 76.6 cm³/mol. The van der Waals surface area contributed by atoms with Crippen molar-refractivity contribution in [3.8, 4) is 0 Å². The lowest BCUT2D eigenvalue weighted by molar-refractivity contribution is -0.131. The molecule has 0 aromatic heterocycles. The molecule has 3 N–H and O–H groups in total. The average Bonchev–Trinajstić information content (AvgIpc) is 2.27. The number of halogens is 1. The van der Waals surface area contributed by atoms with Crippen molar-refractivity contribution in [2.45, 2.75) is 10.2 Å². The highest BCUT2D eigenvalue weighted by atomic mass is 79.9. The summed E-state index contributed by atoms with van der Waals surface area (Å²) in [6, 6.07) is 6.66. The van der Waals surface area contributed by atoms with Crippen molar-refractivity contribution in [1.29, 1.82) is 0 Å². The second kappa shape index (κ2) is 5.85. The molecule has 0 aliphatic rings. The molecule has 0 heterocycles. The summed E-state index contributed by atoms with van der Waals surface area (Å²) >= 11 is 3.01.